The second kappa shape index (κ2) is 3.87. The van der Waals surface area contributed by atoms with E-state index in [0.717, 1.165) is 4.57 Å². The molecule has 0 bridgehead atoms. The van der Waals surface area contributed by atoms with Crippen molar-refractivity contribution in [1.82, 2.24) is 9.55 Å². The standard InChI is InChI=1S/C16H7N3O2/c17-8-9-5-6-13-12(7-9)16(21)19-14(18-13)10-3-1-2-4-11(10)15(19)20/h1-7H. The van der Waals surface area contributed by atoms with Crippen molar-refractivity contribution in [1.29, 1.82) is 5.26 Å². The molecule has 1 aliphatic heterocycles. The van der Waals surface area contributed by atoms with Crippen molar-refractivity contribution in [3.8, 4) is 17.5 Å². The smallest absolute Gasteiger partial charge is 0.268 e. The minimum atomic E-state index is -0.437. The topological polar surface area (TPSA) is 75.8 Å². The van der Waals surface area contributed by atoms with Gasteiger partial charge in [0.25, 0.3) is 11.5 Å². The first-order valence-corrected chi connectivity index (χ1v) is 6.32. The lowest BCUT2D eigenvalue weighted by atomic mass is 10.1. The van der Waals surface area contributed by atoms with Crippen LogP contribution in [0.4, 0.5) is 0 Å². The van der Waals surface area contributed by atoms with Gasteiger partial charge in [-0.3, -0.25) is 9.59 Å². The van der Waals surface area contributed by atoms with Gasteiger partial charge in [0.1, 0.15) is 0 Å². The van der Waals surface area contributed by atoms with E-state index in [1.165, 1.54) is 6.07 Å². The summed E-state index contributed by atoms with van der Waals surface area (Å²) in [5, 5.41) is 9.21. The Labute approximate surface area is 118 Å². The number of nitriles is 1. The first kappa shape index (κ1) is 11.6. The number of hydrogen-bond donors (Lipinski definition) is 0. The van der Waals surface area contributed by atoms with Gasteiger partial charge in [-0.15, -0.1) is 0 Å². The van der Waals surface area contributed by atoms with E-state index in [0.29, 0.717) is 28.0 Å². The van der Waals surface area contributed by atoms with Crippen LogP contribution in [0.1, 0.15) is 15.9 Å². The van der Waals surface area contributed by atoms with Crippen molar-refractivity contribution in [2.75, 3.05) is 0 Å². The summed E-state index contributed by atoms with van der Waals surface area (Å²) in [6, 6.07) is 13.7. The maximum atomic E-state index is 12.6. The molecule has 3 aromatic rings. The Morgan fingerprint density at radius 2 is 1.81 bits per heavy atom. The lowest BCUT2D eigenvalue weighted by Crippen LogP contribution is -2.25. The average Bonchev–Trinajstić information content (AvgIpc) is 2.81. The number of benzene rings is 2. The Morgan fingerprint density at radius 1 is 1.05 bits per heavy atom. The highest BCUT2D eigenvalue weighted by Crippen LogP contribution is 2.29. The highest BCUT2D eigenvalue weighted by molar-refractivity contribution is 6.09. The van der Waals surface area contributed by atoms with Crippen molar-refractivity contribution in [2.24, 2.45) is 0 Å². The Bertz CT molecular complexity index is 1040. The monoisotopic (exact) mass is 273 g/mol. The van der Waals surface area contributed by atoms with Gasteiger partial charge in [0.2, 0.25) is 0 Å². The minimum absolute atomic E-state index is 0.277. The van der Waals surface area contributed by atoms with Crippen molar-refractivity contribution in [3.05, 3.63) is 63.9 Å². The highest BCUT2D eigenvalue weighted by atomic mass is 16.2. The van der Waals surface area contributed by atoms with Crippen molar-refractivity contribution < 1.29 is 4.79 Å². The molecule has 0 N–H and O–H groups in total. The molecule has 98 valence electrons. The van der Waals surface area contributed by atoms with E-state index in [-0.39, 0.29) is 11.3 Å². The molecule has 4 rings (SSSR count). The molecule has 0 aliphatic carbocycles. The number of nitrogens with zero attached hydrogens (tertiary/aromatic N) is 3. The predicted molar refractivity (Wildman–Crippen MR) is 75.9 cm³/mol. The molecule has 5 heteroatoms. The fourth-order valence-electron chi connectivity index (χ4n) is 2.61. The van der Waals surface area contributed by atoms with Crippen LogP contribution >= 0.6 is 0 Å². The molecule has 2 aromatic carbocycles. The predicted octanol–water partition coefficient (Wildman–Crippen LogP) is 1.94. The molecule has 5 nitrogen and oxygen atoms in total. The van der Waals surface area contributed by atoms with Gasteiger partial charge in [-0.1, -0.05) is 18.2 Å². The quantitative estimate of drug-likeness (QED) is 0.490. The molecule has 21 heavy (non-hydrogen) atoms. The van der Waals surface area contributed by atoms with Crippen LogP contribution in [-0.2, 0) is 0 Å². The summed E-state index contributed by atoms with van der Waals surface area (Å²) >= 11 is 0. The van der Waals surface area contributed by atoms with Crippen molar-refractivity contribution >= 4 is 16.8 Å². The summed E-state index contributed by atoms with van der Waals surface area (Å²) in [6.45, 7) is 0. The van der Waals surface area contributed by atoms with E-state index >= 15 is 0 Å². The van der Waals surface area contributed by atoms with Crippen LogP contribution in [0.2, 0.25) is 0 Å². The number of carbonyl (C=O) groups is 1. The van der Waals surface area contributed by atoms with Crippen LogP contribution in [0.3, 0.4) is 0 Å². The third-order valence-electron chi connectivity index (χ3n) is 3.60. The zero-order chi connectivity index (χ0) is 14.6. The molecular formula is C16H7N3O2. The molecule has 0 saturated carbocycles. The normalized spacial score (nSPS) is 12.0. The Hall–Kier alpha value is -3.26. The van der Waals surface area contributed by atoms with E-state index in [1.54, 1.807) is 36.4 Å². The Morgan fingerprint density at radius 3 is 2.57 bits per heavy atom. The van der Waals surface area contributed by atoms with Crippen LogP contribution in [0.5, 0.6) is 0 Å². The molecule has 0 radical (unpaired) electrons. The lowest BCUT2D eigenvalue weighted by molar-refractivity contribution is 0.0965. The van der Waals surface area contributed by atoms with Crippen LogP contribution in [0.25, 0.3) is 22.3 Å². The van der Waals surface area contributed by atoms with E-state index in [4.69, 9.17) is 5.26 Å². The molecule has 0 saturated heterocycles. The number of aromatic nitrogens is 2. The molecule has 0 atom stereocenters. The largest absolute Gasteiger partial charge is 0.268 e. The van der Waals surface area contributed by atoms with Crippen LogP contribution in [0, 0.1) is 11.3 Å². The Balaban J connectivity index is 2.17. The molecule has 0 fully saturated rings. The zero-order valence-electron chi connectivity index (χ0n) is 10.7. The molecule has 0 spiro atoms. The lowest BCUT2D eigenvalue weighted by Gasteiger charge is -2.04. The maximum Gasteiger partial charge on any atom is 0.268 e. The van der Waals surface area contributed by atoms with Gasteiger partial charge < -0.3 is 0 Å². The fourth-order valence-corrected chi connectivity index (χ4v) is 2.61. The summed E-state index contributed by atoms with van der Waals surface area (Å²) in [7, 11) is 0. The number of carbonyl (C=O) groups excluding carboxylic acids is 1. The van der Waals surface area contributed by atoms with Gasteiger partial charge in [-0.05, 0) is 24.3 Å². The molecule has 0 unspecified atom stereocenters. The van der Waals surface area contributed by atoms with Crippen LogP contribution in [-0.4, -0.2) is 15.5 Å². The summed E-state index contributed by atoms with van der Waals surface area (Å²) < 4.78 is 1.08. The van der Waals surface area contributed by atoms with Crippen molar-refractivity contribution in [2.45, 2.75) is 0 Å². The van der Waals surface area contributed by atoms with E-state index in [1.807, 2.05) is 6.07 Å². The van der Waals surface area contributed by atoms with Crippen molar-refractivity contribution in [3.63, 3.8) is 0 Å². The van der Waals surface area contributed by atoms with Gasteiger partial charge in [-0.2, -0.15) is 5.26 Å². The summed E-state index contributed by atoms with van der Waals surface area (Å²) in [5.41, 5.74) is 1.54. The average molecular weight is 273 g/mol. The zero-order valence-corrected chi connectivity index (χ0v) is 10.7. The van der Waals surface area contributed by atoms with Crippen LogP contribution in [0.15, 0.2) is 47.3 Å². The number of rotatable bonds is 0. The third kappa shape index (κ3) is 1.41. The highest BCUT2D eigenvalue weighted by Gasteiger charge is 2.29. The molecular weight excluding hydrogens is 266 g/mol. The number of hydrogen-bond acceptors (Lipinski definition) is 4. The van der Waals surface area contributed by atoms with E-state index < -0.39 is 5.56 Å². The van der Waals surface area contributed by atoms with Gasteiger partial charge in [-0.25, -0.2) is 9.55 Å². The van der Waals surface area contributed by atoms with Gasteiger partial charge >= 0.3 is 0 Å². The summed E-state index contributed by atoms with van der Waals surface area (Å²) in [6.07, 6.45) is 0. The van der Waals surface area contributed by atoms with Crippen LogP contribution < -0.4 is 5.56 Å². The summed E-state index contributed by atoms with van der Waals surface area (Å²) in [4.78, 5) is 29.3. The van der Waals surface area contributed by atoms with Gasteiger partial charge in [0, 0.05) is 5.56 Å². The molecule has 1 aromatic heterocycles. The minimum Gasteiger partial charge on any atom is -0.268 e. The van der Waals surface area contributed by atoms with Gasteiger partial charge in [0.15, 0.2) is 5.82 Å². The second-order valence-electron chi connectivity index (χ2n) is 4.77. The maximum absolute atomic E-state index is 12.6. The molecule has 0 amide bonds. The first-order chi connectivity index (χ1) is 10.2. The number of fused-ring (bicyclic) bond motifs is 4. The third-order valence-corrected chi connectivity index (χ3v) is 3.60. The van der Waals surface area contributed by atoms with E-state index in [9.17, 15) is 9.59 Å². The SMILES string of the molecule is N#Cc1ccc2nc3n(c(=O)c2c1)C(=O)c1ccccc1-3. The second-order valence-corrected chi connectivity index (χ2v) is 4.77. The van der Waals surface area contributed by atoms with E-state index in [2.05, 4.69) is 4.98 Å². The summed E-state index contributed by atoms with van der Waals surface area (Å²) in [5.74, 6) is -0.0137. The fraction of sp³-hybridized carbons (Fsp3) is 0. The first-order valence-electron chi connectivity index (χ1n) is 6.32. The van der Waals surface area contributed by atoms with Gasteiger partial charge in [0.05, 0.1) is 28.1 Å². The Kier molecular flexibility index (Phi) is 2.13. The molecule has 2 heterocycles. The molecule has 1 aliphatic rings.